The summed E-state index contributed by atoms with van der Waals surface area (Å²) in [4.78, 5) is -0.0486. The lowest BCUT2D eigenvalue weighted by Gasteiger charge is -2.18. The molecule has 0 bridgehead atoms. The van der Waals surface area contributed by atoms with Crippen LogP contribution in [0.2, 0.25) is 10.0 Å². The zero-order valence-electron chi connectivity index (χ0n) is 11.2. The molecule has 0 aliphatic rings. The van der Waals surface area contributed by atoms with E-state index in [1.165, 1.54) is 19.2 Å². The average Bonchev–Trinajstić information content (AvgIpc) is 2.31. The van der Waals surface area contributed by atoms with E-state index in [2.05, 4.69) is 4.72 Å². The molecule has 19 heavy (non-hydrogen) atoms. The molecular weight excluding hydrogens is 309 g/mol. The monoisotopic (exact) mass is 325 g/mol. The molecule has 108 valence electrons. The zero-order chi connectivity index (χ0) is 14.8. The van der Waals surface area contributed by atoms with Crippen LogP contribution in [0.4, 0.5) is 0 Å². The van der Waals surface area contributed by atoms with Crippen LogP contribution in [-0.4, -0.2) is 21.6 Å². The maximum absolute atomic E-state index is 12.2. The summed E-state index contributed by atoms with van der Waals surface area (Å²) in [6.45, 7) is 5.65. The van der Waals surface area contributed by atoms with E-state index in [1.807, 2.05) is 13.8 Å². The molecule has 4 nitrogen and oxygen atoms in total. The van der Waals surface area contributed by atoms with E-state index in [-0.39, 0.29) is 26.9 Å². The standard InChI is InChI=1S/C12H17Cl2NO3S/c1-7(2)8(3)15-19(16,17)10-6-5-9(18-4)11(13)12(10)14/h5-8,15H,1-4H3. The first-order valence-corrected chi connectivity index (χ1v) is 7.99. The molecule has 0 amide bonds. The maximum Gasteiger partial charge on any atom is 0.242 e. The molecule has 1 aromatic rings. The van der Waals surface area contributed by atoms with Crippen LogP contribution in [0, 0.1) is 5.92 Å². The number of ether oxygens (including phenoxy) is 1. The molecule has 1 rings (SSSR count). The molecule has 0 aliphatic heterocycles. The molecular formula is C12H17Cl2NO3S. The molecule has 1 unspecified atom stereocenters. The smallest absolute Gasteiger partial charge is 0.242 e. The van der Waals surface area contributed by atoms with Crippen LogP contribution in [0.25, 0.3) is 0 Å². The van der Waals surface area contributed by atoms with Crippen LogP contribution < -0.4 is 9.46 Å². The molecule has 7 heteroatoms. The summed E-state index contributed by atoms with van der Waals surface area (Å²) in [5.41, 5.74) is 0. The van der Waals surface area contributed by atoms with Crippen molar-refractivity contribution in [3.05, 3.63) is 22.2 Å². The molecule has 0 aliphatic carbocycles. The van der Waals surface area contributed by atoms with E-state index >= 15 is 0 Å². The Morgan fingerprint density at radius 2 is 1.74 bits per heavy atom. The van der Waals surface area contributed by atoms with Gasteiger partial charge >= 0.3 is 0 Å². The van der Waals surface area contributed by atoms with Crippen molar-refractivity contribution >= 4 is 33.2 Å². The number of halogens is 2. The number of methoxy groups -OCH3 is 1. The van der Waals surface area contributed by atoms with E-state index in [0.29, 0.717) is 5.75 Å². The van der Waals surface area contributed by atoms with Gasteiger partial charge in [-0.2, -0.15) is 0 Å². The summed E-state index contributed by atoms with van der Waals surface area (Å²) in [5, 5.41) is 0.0497. The van der Waals surface area contributed by atoms with Gasteiger partial charge in [0.15, 0.2) is 0 Å². The van der Waals surface area contributed by atoms with Crippen molar-refractivity contribution in [2.75, 3.05) is 7.11 Å². The van der Waals surface area contributed by atoms with E-state index in [0.717, 1.165) is 0 Å². The Bertz CT molecular complexity index is 558. The van der Waals surface area contributed by atoms with Crippen LogP contribution in [0.3, 0.4) is 0 Å². The molecule has 0 radical (unpaired) electrons. The minimum Gasteiger partial charge on any atom is -0.495 e. The van der Waals surface area contributed by atoms with Crippen molar-refractivity contribution in [3.63, 3.8) is 0 Å². The highest BCUT2D eigenvalue weighted by atomic mass is 35.5. The predicted molar refractivity (Wildman–Crippen MR) is 77.6 cm³/mol. The first kappa shape index (κ1) is 16.6. The third-order valence-electron chi connectivity index (χ3n) is 2.86. The Balaban J connectivity index is 3.20. The molecule has 0 aromatic heterocycles. The van der Waals surface area contributed by atoms with Gasteiger partial charge in [0.1, 0.15) is 15.7 Å². The molecule has 1 N–H and O–H groups in total. The molecule has 0 saturated carbocycles. The van der Waals surface area contributed by atoms with Crippen molar-refractivity contribution in [1.82, 2.24) is 4.72 Å². The second-order valence-electron chi connectivity index (χ2n) is 4.55. The molecule has 1 atom stereocenters. The average molecular weight is 326 g/mol. The molecule has 1 aromatic carbocycles. The van der Waals surface area contributed by atoms with Crippen molar-refractivity contribution < 1.29 is 13.2 Å². The van der Waals surface area contributed by atoms with E-state index in [4.69, 9.17) is 27.9 Å². The highest BCUT2D eigenvalue weighted by molar-refractivity contribution is 7.89. The van der Waals surface area contributed by atoms with Gasteiger partial charge in [-0.05, 0) is 25.0 Å². The number of sulfonamides is 1. The van der Waals surface area contributed by atoms with Crippen molar-refractivity contribution in [2.24, 2.45) is 5.92 Å². The van der Waals surface area contributed by atoms with E-state index in [1.54, 1.807) is 6.92 Å². The highest BCUT2D eigenvalue weighted by Gasteiger charge is 2.24. The third-order valence-corrected chi connectivity index (χ3v) is 5.44. The summed E-state index contributed by atoms with van der Waals surface area (Å²) < 4.78 is 32.0. The predicted octanol–water partition coefficient (Wildman–Crippen LogP) is 3.32. The van der Waals surface area contributed by atoms with Gasteiger partial charge in [-0.1, -0.05) is 37.0 Å². The molecule has 0 spiro atoms. The quantitative estimate of drug-likeness (QED) is 0.903. The van der Waals surface area contributed by atoms with Gasteiger partial charge in [-0.15, -0.1) is 0 Å². The fourth-order valence-electron chi connectivity index (χ4n) is 1.32. The minimum atomic E-state index is -3.70. The fourth-order valence-corrected chi connectivity index (χ4v) is 3.56. The lowest BCUT2D eigenvalue weighted by molar-refractivity contribution is 0.414. The Hall–Kier alpha value is -0.490. The van der Waals surface area contributed by atoms with Gasteiger partial charge in [0, 0.05) is 6.04 Å². The number of nitrogens with one attached hydrogen (secondary N) is 1. The van der Waals surface area contributed by atoms with Crippen LogP contribution in [-0.2, 0) is 10.0 Å². The molecule has 0 saturated heterocycles. The second-order valence-corrected chi connectivity index (χ2v) is 6.99. The summed E-state index contributed by atoms with van der Waals surface area (Å²) >= 11 is 11.9. The largest absolute Gasteiger partial charge is 0.495 e. The highest BCUT2D eigenvalue weighted by Crippen LogP contribution is 2.36. The summed E-state index contributed by atoms with van der Waals surface area (Å²) in [7, 11) is -2.27. The van der Waals surface area contributed by atoms with Gasteiger partial charge in [-0.3, -0.25) is 0 Å². The van der Waals surface area contributed by atoms with Crippen molar-refractivity contribution in [2.45, 2.75) is 31.7 Å². The Labute approximate surface area is 124 Å². The molecule has 0 fully saturated rings. The number of benzene rings is 1. The van der Waals surface area contributed by atoms with Crippen molar-refractivity contribution in [3.8, 4) is 5.75 Å². The molecule has 0 heterocycles. The summed E-state index contributed by atoms with van der Waals surface area (Å²) in [6.07, 6.45) is 0. The Morgan fingerprint density at radius 1 is 1.16 bits per heavy atom. The summed E-state index contributed by atoms with van der Waals surface area (Å²) in [6, 6.07) is 2.65. The SMILES string of the molecule is COc1ccc(S(=O)(=O)NC(C)C(C)C)c(Cl)c1Cl. The lowest BCUT2D eigenvalue weighted by Crippen LogP contribution is -2.36. The Kier molecular flexibility index (Phi) is 5.50. The van der Waals surface area contributed by atoms with Crippen LogP contribution in [0.15, 0.2) is 17.0 Å². The maximum atomic E-state index is 12.2. The van der Waals surface area contributed by atoms with Gasteiger partial charge in [-0.25, -0.2) is 13.1 Å². The second kappa shape index (κ2) is 6.31. The third kappa shape index (κ3) is 3.75. The zero-order valence-corrected chi connectivity index (χ0v) is 13.5. The van der Waals surface area contributed by atoms with Gasteiger partial charge in [0.05, 0.1) is 12.1 Å². The number of rotatable bonds is 5. The lowest BCUT2D eigenvalue weighted by atomic mass is 10.1. The topological polar surface area (TPSA) is 55.4 Å². The van der Waals surface area contributed by atoms with Crippen LogP contribution >= 0.6 is 23.2 Å². The van der Waals surface area contributed by atoms with Gasteiger partial charge in [0.2, 0.25) is 10.0 Å². The first-order valence-electron chi connectivity index (χ1n) is 5.75. The first-order chi connectivity index (χ1) is 8.70. The minimum absolute atomic E-state index is 0.0375. The number of hydrogen-bond donors (Lipinski definition) is 1. The Morgan fingerprint density at radius 3 is 2.21 bits per heavy atom. The van der Waals surface area contributed by atoms with Gasteiger partial charge in [0.25, 0.3) is 0 Å². The number of hydrogen-bond acceptors (Lipinski definition) is 3. The summed E-state index contributed by atoms with van der Waals surface area (Å²) in [5.74, 6) is 0.504. The van der Waals surface area contributed by atoms with E-state index in [9.17, 15) is 8.42 Å². The van der Waals surface area contributed by atoms with Gasteiger partial charge < -0.3 is 4.74 Å². The van der Waals surface area contributed by atoms with Crippen molar-refractivity contribution in [1.29, 1.82) is 0 Å². The van der Waals surface area contributed by atoms with Crippen LogP contribution in [0.1, 0.15) is 20.8 Å². The van der Waals surface area contributed by atoms with E-state index < -0.39 is 10.0 Å². The van der Waals surface area contributed by atoms with Crippen LogP contribution in [0.5, 0.6) is 5.75 Å². The normalized spacial score (nSPS) is 13.6. The fraction of sp³-hybridized carbons (Fsp3) is 0.500.